The van der Waals surface area contributed by atoms with Crippen LogP contribution in [-0.2, 0) is 4.79 Å². The van der Waals surface area contributed by atoms with Crippen LogP contribution in [0.1, 0.15) is 16.5 Å². The van der Waals surface area contributed by atoms with Gasteiger partial charge < -0.3 is 10.4 Å². The first-order chi connectivity index (χ1) is 8.97. The number of thiophene rings is 1. The maximum atomic E-state index is 11.4. The van der Waals surface area contributed by atoms with Gasteiger partial charge in [0.1, 0.15) is 0 Å². The van der Waals surface area contributed by atoms with E-state index in [-0.39, 0.29) is 0 Å². The summed E-state index contributed by atoms with van der Waals surface area (Å²) in [6, 6.07) is 8.71. The number of aryl methyl sites for hydroxylation is 1. The van der Waals surface area contributed by atoms with E-state index in [1.807, 2.05) is 37.3 Å². The number of aliphatic carboxylic acids is 1. The standard InChI is InChI=1S/C13H11Br2NO2S/c1-7-2-4-8(5-3-7)16-11(13(17)18)10-6-9(14)12(15)19-10/h2-6,11,16H,1H3,(H,17,18). The number of rotatable bonds is 4. The lowest BCUT2D eigenvalue weighted by atomic mass is 10.2. The van der Waals surface area contributed by atoms with Gasteiger partial charge in [0.2, 0.25) is 0 Å². The highest BCUT2D eigenvalue weighted by molar-refractivity contribution is 9.13. The lowest BCUT2D eigenvalue weighted by Gasteiger charge is -2.14. The maximum Gasteiger partial charge on any atom is 0.331 e. The number of nitrogens with one attached hydrogen (secondary N) is 1. The number of benzene rings is 1. The Labute approximate surface area is 131 Å². The van der Waals surface area contributed by atoms with Crippen molar-refractivity contribution in [1.29, 1.82) is 0 Å². The summed E-state index contributed by atoms with van der Waals surface area (Å²) in [5.41, 5.74) is 1.93. The fourth-order valence-corrected chi connectivity index (χ4v) is 3.71. The summed E-state index contributed by atoms with van der Waals surface area (Å²) >= 11 is 8.15. The average Bonchev–Trinajstić information content (AvgIpc) is 2.68. The van der Waals surface area contributed by atoms with Crippen LogP contribution in [0.2, 0.25) is 0 Å². The van der Waals surface area contributed by atoms with Crippen LogP contribution >= 0.6 is 43.2 Å². The van der Waals surface area contributed by atoms with Gasteiger partial charge in [-0.25, -0.2) is 4.79 Å². The van der Waals surface area contributed by atoms with Crippen LogP contribution in [0.5, 0.6) is 0 Å². The molecule has 0 radical (unpaired) electrons. The molecule has 0 aliphatic carbocycles. The monoisotopic (exact) mass is 403 g/mol. The highest BCUT2D eigenvalue weighted by Crippen LogP contribution is 2.36. The first kappa shape index (κ1) is 14.6. The fraction of sp³-hybridized carbons (Fsp3) is 0.154. The topological polar surface area (TPSA) is 49.3 Å². The van der Waals surface area contributed by atoms with Crippen molar-refractivity contribution in [3.8, 4) is 0 Å². The summed E-state index contributed by atoms with van der Waals surface area (Å²) in [6.07, 6.45) is 0. The predicted molar refractivity (Wildman–Crippen MR) is 84.9 cm³/mol. The number of carboxylic acids is 1. The van der Waals surface area contributed by atoms with Gasteiger partial charge in [0.05, 0.1) is 3.79 Å². The molecular formula is C13H11Br2NO2S. The second kappa shape index (κ2) is 6.07. The summed E-state index contributed by atoms with van der Waals surface area (Å²) in [5.74, 6) is -0.901. The molecule has 2 rings (SSSR count). The molecule has 0 fully saturated rings. The van der Waals surface area contributed by atoms with Crippen LogP contribution < -0.4 is 5.32 Å². The third kappa shape index (κ3) is 3.58. The molecule has 0 aliphatic rings. The second-order valence-electron chi connectivity index (χ2n) is 4.05. The van der Waals surface area contributed by atoms with Crippen molar-refractivity contribution in [1.82, 2.24) is 0 Å². The molecule has 3 nitrogen and oxygen atoms in total. The lowest BCUT2D eigenvalue weighted by Crippen LogP contribution is -2.19. The Morgan fingerprint density at radius 1 is 1.32 bits per heavy atom. The number of carboxylic acid groups (broad SMARTS) is 1. The molecule has 0 bridgehead atoms. The second-order valence-corrected chi connectivity index (χ2v) is 7.31. The molecule has 2 N–H and O–H groups in total. The summed E-state index contributed by atoms with van der Waals surface area (Å²) in [6.45, 7) is 1.99. The lowest BCUT2D eigenvalue weighted by molar-refractivity contribution is -0.138. The molecule has 0 spiro atoms. The van der Waals surface area contributed by atoms with Gasteiger partial charge in [-0.3, -0.25) is 0 Å². The van der Waals surface area contributed by atoms with Crippen molar-refractivity contribution in [3.05, 3.63) is 49.0 Å². The molecule has 0 saturated heterocycles. The third-order valence-corrected chi connectivity index (χ3v) is 5.88. The van der Waals surface area contributed by atoms with Crippen LogP contribution in [0.15, 0.2) is 38.6 Å². The quantitative estimate of drug-likeness (QED) is 0.767. The average molecular weight is 405 g/mol. The zero-order valence-corrected chi connectivity index (χ0v) is 14.0. The molecule has 1 heterocycles. The van der Waals surface area contributed by atoms with E-state index in [9.17, 15) is 9.90 Å². The molecule has 1 atom stereocenters. The first-order valence-corrected chi connectivity index (χ1v) is 7.88. The fourth-order valence-electron chi connectivity index (χ4n) is 1.58. The molecule has 1 aromatic carbocycles. The highest BCUT2D eigenvalue weighted by atomic mass is 79.9. The van der Waals surface area contributed by atoms with E-state index in [0.717, 1.165) is 24.4 Å². The molecule has 1 unspecified atom stereocenters. The van der Waals surface area contributed by atoms with Gasteiger partial charge in [-0.1, -0.05) is 17.7 Å². The minimum atomic E-state index is -0.901. The molecule has 6 heteroatoms. The Hall–Kier alpha value is -0.850. The minimum absolute atomic E-state index is 0.742. The van der Waals surface area contributed by atoms with Crippen LogP contribution in [0.25, 0.3) is 0 Å². The zero-order chi connectivity index (χ0) is 14.0. The molecule has 0 aliphatic heterocycles. The zero-order valence-electron chi connectivity index (χ0n) is 9.98. The van der Waals surface area contributed by atoms with Gasteiger partial charge in [-0.2, -0.15) is 0 Å². The van der Waals surface area contributed by atoms with Crippen LogP contribution in [-0.4, -0.2) is 11.1 Å². The molecule has 100 valence electrons. The van der Waals surface area contributed by atoms with Crippen LogP contribution in [0.4, 0.5) is 5.69 Å². The van der Waals surface area contributed by atoms with E-state index in [1.165, 1.54) is 11.3 Å². The SMILES string of the molecule is Cc1ccc(NC(C(=O)O)c2cc(Br)c(Br)s2)cc1. The van der Waals surface area contributed by atoms with Gasteiger partial charge >= 0.3 is 5.97 Å². The largest absolute Gasteiger partial charge is 0.479 e. The van der Waals surface area contributed by atoms with E-state index in [2.05, 4.69) is 37.2 Å². The van der Waals surface area contributed by atoms with Crippen molar-refractivity contribution < 1.29 is 9.90 Å². The van der Waals surface area contributed by atoms with E-state index in [1.54, 1.807) is 0 Å². The van der Waals surface area contributed by atoms with E-state index in [4.69, 9.17) is 0 Å². The Kier molecular flexibility index (Phi) is 4.65. The van der Waals surface area contributed by atoms with Gasteiger partial charge in [-0.15, -0.1) is 11.3 Å². The Balaban J connectivity index is 2.26. The number of anilines is 1. The smallest absolute Gasteiger partial charge is 0.331 e. The van der Waals surface area contributed by atoms with E-state index >= 15 is 0 Å². The minimum Gasteiger partial charge on any atom is -0.479 e. The van der Waals surface area contributed by atoms with Gasteiger partial charge in [0.15, 0.2) is 6.04 Å². The highest BCUT2D eigenvalue weighted by Gasteiger charge is 2.22. The summed E-state index contributed by atoms with van der Waals surface area (Å²) in [7, 11) is 0. The maximum absolute atomic E-state index is 11.4. The number of hydrogen-bond donors (Lipinski definition) is 2. The molecule has 0 saturated carbocycles. The van der Waals surface area contributed by atoms with E-state index < -0.39 is 12.0 Å². The Morgan fingerprint density at radius 2 is 1.95 bits per heavy atom. The molecular weight excluding hydrogens is 394 g/mol. The third-order valence-electron chi connectivity index (χ3n) is 2.56. The molecule has 1 aromatic heterocycles. The summed E-state index contributed by atoms with van der Waals surface area (Å²) in [5, 5.41) is 12.4. The van der Waals surface area contributed by atoms with Crippen LogP contribution in [0.3, 0.4) is 0 Å². The van der Waals surface area contributed by atoms with Crippen molar-refractivity contribution in [2.24, 2.45) is 0 Å². The van der Waals surface area contributed by atoms with Crippen molar-refractivity contribution in [2.45, 2.75) is 13.0 Å². The van der Waals surface area contributed by atoms with Crippen LogP contribution in [0, 0.1) is 6.92 Å². The molecule has 0 amide bonds. The van der Waals surface area contributed by atoms with Gasteiger partial charge in [-0.05, 0) is 57.0 Å². The Morgan fingerprint density at radius 3 is 2.42 bits per heavy atom. The van der Waals surface area contributed by atoms with Crippen molar-refractivity contribution in [3.63, 3.8) is 0 Å². The normalized spacial score (nSPS) is 12.2. The number of halogens is 2. The van der Waals surface area contributed by atoms with Crippen molar-refractivity contribution >= 4 is 54.9 Å². The predicted octanol–water partition coefficient (Wildman–Crippen LogP) is 4.82. The first-order valence-electron chi connectivity index (χ1n) is 5.48. The van der Waals surface area contributed by atoms with Gasteiger partial charge in [0.25, 0.3) is 0 Å². The van der Waals surface area contributed by atoms with Crippen molar-refractivity contribution in [2.75, 3.05) is 5.32 Å². The van der Waals surface area contributed by atoms with E-state index in [0.29, 0.717) is 0 Å². The number of hydrogen-bond acceptors (Lipinski definition) is 3. The molecule has 19 heavy (non-hydrogen) atoms. The summed E-state index contributed by atoms with van der Waals surface area (Å²) < 4.78 is 1.75. The number of carbonyl (C=O) groups is 1. The Bertz CT molecular complexity index is 576. The molecule has 2 aromatic rings. The van der Waals surface area contributed by atoms with Gasteiger partial charge in [0, 0.05) is 15.0 Å². The summed E-state index contributed by atoms with van der Waals surface area (Å²) in [4.78, 5) is 12.1.